The summed E-state index contributed by atoms with van der Waals surface area (Å²) in [5.74, 6) is 1.47. The largest absolute Gasteiger partial charge is 0.469 e. The smallest absolute Gasteiger partial charge is 0.305 e. The summed E-state index contributed by atoms with van der Waals surface area (Å²) in [4.78, 5) is 11.2. The van der Waals surface area contributed by atoms with Crippen molar-refractivity contribution < 1.29 is 14.3 Å². The van der Waals surface area contributed by atoms with E-state index in [0.717, 1.165) is 35.5 Å². The van der Waals surface area contributed by atoms with Crippen LogP contribution in [0.3, 0.4) is 0 Å². The zero-order chi connectivity index (χ0) is 16.8. The molecule has 0 unspecified atom stereocenters. The van der Waals surface area contributed by atoms with E-state index >= 15 is 0 Å². The summed E-state index contributed by atoms with van der Waals surface area (Å²) < 4.78 is 10.6. The van der Waals surface area contributed by atoms with Gasteiger partial charge in [-0.15, -0.1) is 0 Å². The van der Waals surface area contributed by atoms with Gasteiger partial charge < -0.3 is 15.2 Å². The number of aryl methyl sites for hydroxylation is 3. The van der Waals surface area contributed by atoms with E-state index in [1.165, 1.54) is 12.7 Å². The fourth-order valence-electron chi connectivity index (χ4n) is 2.54. The summed E-state index contributed by atoms with van der Waals surface area (Å²) in [5.41, 5.74) is 9.76. The Kier molecular flexibility index (Phi) is 5.63. The van der Waals surface area contributed by atoms with Crippen molar-refractivity contribution in [2.75, 3.05) is 12.8 Å². The number of hydrogen-bond donors (Lipinski definition) is 1. The lowest BCUT2D eigenvalue weighted by Gasteiger charge is -2.14. The molecule has 0 heterocycles. The first-order chi connectivity index (χ1) is 11.0. The Hall–Kier alpha value is -2.49. The number of benzene rings is 2. The number of ether oxygens (including phenoxy) is 2. The molecule has 0 amide bonds. The number of methoxy groups -OCH3 is 1. The number of esters is 1. The summed E-state index contributed by atoms with van der Waals surface area (Å²) in [6.07, 6.45) is 2.07. The third-order valence-corrected chi connectivity index (χ3v) is 3.69. The number of nitrogen functional groups attached to an aromatic ring is 1. The predicted octanol–water partition coefficient (Wildman–Crippen LogP) is 4.17. The molecule has 2 rings (SSSR count). The van der Waals surface area contributed by atoms with Gasteiger partial charge in [0.25, 0.3) is 0 Å². The van der Waals surface area contributed by atoms with Gasteiger partial charge in [-0.2, -0.15) is 0 Å². The summed E-state index contributed by atoms with van der Waals surface area (Å²) in [5, 5.41) is 0. The van der Waals surface area contributed by atoms with Crippen LogP contribution >= 0.6 is 0 Å². The molecule has 0 bridgehead atoms. The Balaban J connectivity index is 2.07. The fourth-order valence-corrected chi connectivity index (χ4v) is 2.54. The van der Waals surface area contributed by atoms with Crippen molar-refractivity contribution in [3.05, 3.63) is 53.1 Å². The molecule has 0 aromatic heterocycles. The maximum Gasteiger partial charge on any atom is 0.305 e. The predicted molar refractivity (Wildman–Crippen MR) is 91.8 cm³/mol. The quantitative estimate of drug-likeness (QED) is 0.642. The van der Waals surface area contributed by atoms with Crippen LogP contribution in [0.1, 0.15) is 29.5 Å². The second-order valence-electron chi connectivity index (χ2n) is 5.66. The van der Waals surface area contributed by atoms with Gasteiger partial charge in [0.1, 0.15) is 11.5 Å². The molecule has 0 saturated carbocycles. The van der Waals surface area contributed by atoms with Gasteiger partial charge in [0, 0.05) is 12.1 Å². The zero-order valence-electron chi connectivity index (χ0n) is 13.9. The zero-order valence-corrected chi connectivity index (χ0v) is 13.9. The maximum absolute atomic E-state index is 11.2. The number of anilines is 1. The van der Waals surface area contributed by atoms with Gasteiger partial charge >= 0.3 is 5.97 Å². The first-order valence-corrected chi connectivity index (χ1v) is 7.70. The summed E-state index contributed by atoms with van der Waals surface area (Å²) in [7, 11) is 1.42. The van der Waals surface area contributed by atoms with Crippen LogP contribution in [0.25, 0.3) is 0 Å². The van der Waals surface area contributed by atoms with Crippen LogP contribution < -0.4 is 10.5 Å². The first-order valence-electron chi connectivity index (χ1n) is 7.70. The van der Waals surface area contributed by atoms with E-state index in [-0.39, 0.29) is 5.97 Å². The molecule has 122 valence electrons. The van der Waals surface area contributed by atoms with E-state index < -0.39 is 0 Å². The van der Waals surface area contributed by atoms with Gasteiger partial charge in [-0.05, 0) is 67.6 Å². The average molecular weight is 313 g/mol. The van der Waals surface area contributed by atoms with E-state index in [1.54, 1.807) is 0 Å². The van der Waals surface area contributed by atoms with Crippen molar-refractivity contribution in [1.29, 1.82) is 0 Å². The normalized spacial score (nSPS) is 10.4. The molecule has 0 aliphatic rings. The van der Waals surface area contributed by atoms with Crippen molar-refractivity contribution in [2.45, 2.75) is 33.1 Å². The highest BCUT2D eigenvalue weighted by Gasteiger charge is 2.09. The topological polar surface area (TPSA) is 61.5 Å². The van der Waals surface area contributed by atoms with E-state index in [2.05, 4.69) is 16.9 Å². The monoisotopic (exact) mass is 313 g/mol. The van der Waals surface area contributed by atoms with E-state index in [0.29, 0.717) is 12.1 Å². The SMILES string of the molecule is COC(=O)CCCc1cc(C)c(Oc2ccc(N)cc2)c(C)c1. The molecule has 23 heavy (non-hydrogen) atoms. The minimum atomic E-state index is -0.165. The summed E-state index contributed by atoms with van der Waals surface area (Å²) in [6, 6.07) is 11.6. The van der Waals surface area contributed by atoms with Gasteiger partial charge in [0.15, 0.2) is 0 Å². The second-order valence-corrected chi connectivity index (χ2v) is 5.66. The molecule has 2 N–H and O–H groups in total. The molecule has 0 radical (unpaired) electrons. The Morgan fingerprint density at radius 1 is 1.09 bits per heavy atom. The van der Waals surface area contributed by atoms with E-state index in [4.69, 9.17) is 10.5 Å². The lowest BCUT2D eigenvalue weighted by Crippen LogP contribution is -2.01. The van der Waals surface area contributed by atoms with Crippen LogP contribution in [-0.2, 0) is 16.0 Å². The molecule has 0 aliphatic carbocycles. The molecule has 4 heteroatoms. The lowest BCUT2D eigenvalue weighted by molar-refractivity contribution is -0.140. The van der Waals surface area contributed by atoms with Crippen LogP contribution in [0, 0.1) is 13.8 Å². The number of rotatable bonds is 6. The van der Waals surface area contributed by atoms with E-state index in [1.807, 2.05) is 38.1 Å². The summed E-state index contributed by atoms with van der Waals surface area (Å²) >= 11 is 0. The third kappa shape index (κ3) is 4.74. The molecular weight excluding hydrogens is 290 g/mol. The van der Waals surface area contributed by atoms with Gasteiger partial charge in [-0.25, -0.2) is 0 Å². The molecule has 0 aliphatic heterocycles. The van der Waals surface area contributed by atoms with Crippen LogP contribution in [0.4, 0.5) is 5.69 Å². The van der Waals surface area contributed by atoms with Crippen molar-refractivity contribution in [2.24, 2.45) is 0 Å². The minimum Gasteiger partial charge on any atom is -0.469 e. The van der Waals surface area contributed by atoms with Gasteiger partial charge in [0.2, 0.25) is 0 Å². The average Bonchev–Trinajstić information content (AvgIpc) is 2.52. The highest BCUT2D eigenvalue weighted by Crippen LogP contribution is 2.30. The number of hydrogen-bond acceptors (Lipinski definition) is 4. The molecule has 2 aromatic carbocycles. The van der Waals surface area contributed by atoms with Crippen molar-refractivity contribution >= 4 is 11.7 Å². The Bertz CT molecular complexity index is 655. The number of nitrogens with two attached hydrogens (primary N) is 1. The Labute approximate surface area is 137 Å². The van der Waals surface area contributed by atoms with Crippen molar-refractivity contribution in [1.82, 2.24) is 0 Å². The van der Waals surface area contributed by atoms with Gasteiger partial charge in [0.05, 0.1) is 7.11 Å². The van der Waals surface area contributed by atoms with Crippen LogP contribution in [0.5, 0.6) is 11.5 Å². The highest BCUT2D eigenvalue weighted by molar-refractivity contribution is 5.69. The molecule has 0 saturated heterocycles. The lowest BCUT2D eigenvalue weighted by atomic mass is 10.0. The summed E-state index contributed by atoms with van der Waals surface area (Å²) in [6.45, 7) is 4.06. The van der Waals surface area contributed by atoms with Crippen molar-refractivity contribution in [3.63, 3.8) is 0 Å². The van der Waals surface area contributed by atoms with E-state index in [9.17, 15) is 4.79 Å². The number of carbonyl (C=O) groups is 1. The Morgan fingerprint density at radius 3 is 2.26 bits per heavy atom. The van der Waals surface area contributed by atoms with Crippen molar-refractivity contribution in [3.8, 4) is 11.5 Å². The third-order valence-electron chi connectivity index (χ3n) is 3.69. The second kappa shape index (κ2) is 7.68. The molecule has 0 fully saturated rings. The molecule has 0 spiro atoms. The molecule has 0 atom stereocenters. The molecular formula is C19H23NO3. The number of carbonyl (C=O) groups excluding carboxylic acids is 1. The van der Waals surface area contributed by atoms with Gasteiger partial charge in [-0.1, -0.05) is 12.1 Å². The molecule has 2 aromatic rings. The van der Waals surface area contributed by atoms with Gasteiger partial charge in [-0.3, -0.25) is 4.79 Å². The van der Waals surface area contributed by atoms with Crippen LogP contribution in [0.2, 0.25) is 0 Å². The Morgan fingerprint density at radius 2 is 1.70 bits per heavy atom. The first kappa shape index (κ1) is 16.9. The van der Waals surface area contributed by atoms with Crippen LogP contribution in [0.15, 0.2) is 36.4 Å². The standard InChI is InChI=1S/C19H23NO3/c1-13-11-15(5-4-6-18(21)22-3)12-14(2)19(13)23-17-9-7-16(20)8-10-17/h7-12H,4-6,20H2,1-3H3. The molecule has 4 nitrogen and oxygen atoms in total. The maximum atomic E-state index is 11.2. The highest BCUT2D eigenvalue weighted by atomic mass is 16.5. The van der Waals surface area contributed by atoms with Crippen LogP contribution in [-0.4, -0.2) is 13.1 Å². The fraction of sp³-hybridized carbons (Fsp3) is 0.316. The minimum absolute atomic E-state index is 0.165.